The zero-order valence-electron chi connectivity index (χ0n) is 15.7. The Labute approximate surface area is 153 Å². The van der Waals surface area contributed by atoms with Crippen molar-refractivity contribution >= 4 is 16.9 Å². The molecule has 3 heterocycles. The molecule has 1 aliphatic heterocycles. The Kier molecular flexibility index (Phi) is 3.46. The lowest BCUT2D eigenvalue weighted by molar-refractivity contribution is -0.158. The van der Waals surface area contributed by atoms with Crippen molar-refractivity contribution in [3.05, 3.63) is 30.2 Å². The summed E-state index contributed by atoms with van der Waals surface area (Å²) < 4.78 is 15.0. The van der Waals surface area contributed by atoms with Crippen LogP contribution in [0.2, 0.25) is 0 Å². The van der Waals surface area contributed by atoms with Crippen molar-refractivity contribution in [3.8, 4) is 0 Å². The van der Waals surface area contributed by atoms with Crippen molar-refractivity contribution in [2.75, 3.05) is 12.4 Å². The molecule has 1 N–H and O–H groups in total. The lowest BCUT2D eigenvalue weighted by Crippen LogP contribution is -2.28. The number of hydrogen-bond donors (Lipinski definition) is 1. The Bertz CT molecular complexity index is 888. The van der Waals surface area contributed by atoms with Gasteiger partial charge in [0.15, 0.2) is 5.79 Å². The Morgan fingerprint density at radius 2 is 2.08 bits per heavy atom. The third-order valence-corrected chi connectivity index (χ3v) is 6.19. The highest BCUT2D eigenvalue weighted by Crippen LogP contribution is 2.50. The van der Waals surface area contributed by atoms with Gasteiger partial charge in [-0.2, -0.15) is 0 Å². The first-order valence-corrected chi connectivity index (χ1v) is 9.56. The summed E-state index contributed by atoms with van der Waals surface area (Å²) in [6.45, 7) is 8.05. The molecule has 138 valence electrons. The Balaban J connectivity index is 1.69. The molecule has 1 saturated heterocycles. The SMILES string of the molecule is C=C[C@H]1C[C@@H](n2c3c(c4c(NC)ncnc42)CCC3)[C@@H]2OC(C)(C)O[C@@H]21. The number of aromatic nitrogens is 3. The molecule has 2 aliphatic carbocycles. The van der Waals surface area contributed by atoms with E-state index in [0.29, 0.717) is 5.92 Å². The molecule has 0 bridgehead atoms. The van der Waals surface area contributed by atoms with E-state index in [9.17, 15) is 0 Å². The van der Waals surface area contributed by atoms with Gasteiger partial charge < -0.3 is 19.4 Å². The lowest BCUT2D eigenvalue weighted by atomic mass is 10.1. The number of ether oxygens (including phenoxy) is 2. The molecule has 26 heavy (non-hydrogen) atoms. The average Bonchev–Trinajstić information content (AvgIpc) is 3.33. The van der Waals surface area contributed by atoms with Crippen LogP contribution in [0, 0.1) is 5.92 Å². The number of nitrogens with zero attached hydrogens (tertiary/aromatic N) is 3. The van der Waals surface area contributed by atoms with Gasteiger partial charge in [-0.3, -0.25) is 0 Å². The van der Waals surface area contributed by atoms with Crippen molar-refractivity contribution < 1.29 is 9.47 Å². The molecule has 0 radical (unpaired) electrons. The molecule has 3 aliphatic rings. The molecular formula is C20H26N4O2. The zero-order valence-corrected chi connectivity index (χ0v) is 15.7. The van der Waals surface area contributed by atoms with Gasteiger partial charge in [0.2, 0.25) is 0 Å². The minimum Gasteiger partial charge on any atom is -0.372 e. The Morgan fingerprint density at radius 1 is 1.27 bits per heavy atom. The molecule has 0 spiro atoms. The Morgan fingerprint density at radius 3 is 2.85 bits per heavy atom. The van der Waals surface area contributed by atoms with Gasteiger partial charge in [-0.25, -0.2) is 9.97 Å². The predicted molar refractivity (Wildman–Crippen MR) is 100 cm³/mol. The molecule has 5 rings (SSSR count). The minimum absolute atomic E-state index is 0.0290. The van der Waals surface area contributed by atoms with Gasteiger partial charge in [0.25, 0.3) is 0 Å². The molecule has 2 fully saturated rings. The second-order valence-corrected chi connectivity index (χ2v) is 8.09. The number of anilines is 1. The van der Waals surface area contributed by atoms with Crippen LogP contribution in [0.4, 0.5) is 5.82 Å². The summed E-state index contributed by atoms with van der Waals surface area (Å²) in [6, 6.07) is 0.216. The maximum absolute atomic E-state index is 6.36. The summed E-state index contributed by atoms with van der Waals surface area (Å²) in [5.41, 5.74) is 3.83. The molecule has 4 atom stereocenters. The van der Waals surface area contributed by atoms with Gasteiger partial charge in [-0.15, -0.1) is 6.58 Å². The van der Waals surface area contributed by atoms with Gasteiger partial charge in [-0.05, 0) is 45.1 Å². The summed E-state index contributed by atoms with van der Waals surface area (Å²) in [4.78, 5) is 9.14. The third-order valence-electron chi connectivity index (χ3n) is 6.19. The fourth-order valence-electron chi connectivity index (χ4n) is 5.25. The molecule has 0 unspecified atom stereocenters. The number of rotatable bonds is 3. The summed E-state index contributed by atoms with van der Waals surface area (Å²) in [6.07, 6.45) is 8.13. The number of aryl methyl sites for hydroxylation is 1. The fraction of sp³-hybridized carbons (Fsp3) is 0.600. The smallest absolute Gasteiger partial charge is 0.163 e. The van der Waals surface area contributed by atoms with E-state index in [1.54, 1.807) is 6.33 Å². The van der Waals surface area contributed by atoms with Crippen LogP contribution in [0.5, 0.6) is 0 Å². The monoisotopic (exact) mass is 354 g/mol. The number of hydrogen-bond acceptors (Lipinski definition) is 5. The number of nitrogens with one attached hydrogen (secondary N) is 1. The average molecular weight is 354 g/mol. The fourth-order valence-corrected chi connectivity index (χ4v) is 5.25. The molecule has 2 aromatic rings. The highest BCUT2D eigenvalue weighted by molar-refractivity contribution is 5.92. The maximum atomic E-state index is 6.36. The Hall–Kier alpha value is -1.92. The van der Waals surface area contributed by atoms with Crippen LogP contribution in [-0.4, -0.2) is 39.6 Å². The summed E-state index contributed by atoms with van der Waals surface area (Å²) in [7, 11) is 1.93. The van der Waals surface area contributed by atoms with Crippen molar-refractivity contribution in [3.63, 3.8) is 0 Å². The van der Waals surface area contributed by atoms with Crippen LogP contribution in [-0.2, 0) is 22.3 Å². The first-order valence-electron chi connectivity index (χ1n) is 9.56. The molecule has 6 nitrogen and oxygen atoms in total. The van der Waals surface area contributed by atoms with Crippen LogP contribution >= 0.6 is 0 Å². The van der Waals surface area contributed by atoms with Crippen molar-refractivity contribution in [1.82, 2.24) is 14.5 Å². The molecule has 6 heteroatoms. The maximum Gasteiger partial charge on any atom is 0.163 e. The van der Waals surface area contributed by atoms with Crippen molar-refractivity contribution in [1.29, 1.82) is 0 Å². The van der Waals surface area contributed by atoms with Crippen LogP contribution < -0.4 is 5.32 Å². The van der Waals surface area contributed by atoms with E-state index < -0.39 is 5.79 Å². The summed E-state index contributed by atoms with van der Waals surface area (Å²) in [5, 5.41) is 4.43. The second-order valence-electron chi connectivity index (χ2n) is 8.09. The predicted octanol–water partition coefficient (Wildman–Crippen LogP) is 3.23. The highest BCUT2D eigenvalue weighted by atomic mass is 16.8. The van der Waals surface area contributed by atoms with Crippen LogP contribution in [0.25, 0.3) is 11.0 Å². The van der Waals surface area contributed by atoms with E-state index in [0.717, 1.165) is 30.7 Å². The quantitative estimate of drug-likeness (QED) is 0.858. The van der Waals surface area contributed by atoms with Crippen molar-refractivity contribution in [2.45, 2.75) is 63.6 Å². The first-order chi connectivity index (χ1) is 12.5. The third kappa shape index (κ3) is 2.12. The highest BCUT2D eigenvalue weighted by Gasteiger charge is 2.54. The number of fused-ring (bicyclic) bond motifs is 4. The van der Waals surface area contributed by atoms with E-state index in [1.165, 1.54) is 23.1 Å². The molecular weight excluding hydrogens is 328 g/mol. The van der Waals surface area contributed by atoms with Crippen LogP contribution in [0.3, 0.4) is 0 Å². The van der Waals surface area contributed by atoms with Gasteiger partial charge >= 0.3 is 0 Å². The van der Waals surface area contributed by atoms with E-state index >= 15 is 0 Å². The van der Waals surface area contributed by atoms with Gasteiger partial charge in [0.1, 0.15) is 23.9 Å². The molecule has 0 aromatic carbocycles. The van der Waals surface area contributed by atoms with Crippen LogP contribution in [0.1, 0.15) is 44.0 Å². The topological polar surface area (TPSA) is 61.2 Å². The van der Waals surface area contributed by atoms with Crippen LogP contribution in [0.15, 0.2) is 19.0 Å². The van der Waals surface area contributed by atoms with Crippen molar-refractivity contribution in [2.24, 2.45) is 5.92 Å². The standard InChI is InChI=1S/C20H26N4O2/c1-5-11-9-14(17-16(11)25-20(2,3)26-17)24-13-8-6-7-12(13)15-18(21-4)22-10-23-19(15)24/h5,10-11,14,16-17H,1,6-9H2,2-4H3,(H,21,22,23)/t11-,14+,16+,17-/m0/s1. The molecule has 0 amide bonds. The first kappa shape index (κ1) is 16.3. The minimum atomic E-state index is -0.549. The van der Waals surface area contributed by atoms with E-state index in [2.05, 4.69) is 26.4 Å². The van der Waals surface area contributed by atoms with E-state index in [4.69, 9.17) is 9.47 Å². The normalized spacial score (nSPS) is 32.0. The van der Waals surface area contributed by atoms with Gasteiger partial charge in [0.05, 0.1) is 17.5 Å². The zero-order chi connectivity index (χ0) is 18.1. The second kappa shape index (κ2) is 5.54. The van der Waals surface area contributed by atoms with E-state index in [1.807, 2.05) is 27.0 Å². The summed E-state index contributed by atoms with van der Waals surface area (Å²) >= 11 is 0. The van der Waals surface area contributed by atoms with Gasteiger partial charge in [0, 0.05) is 18.7 Å². The van der Waals surface area contributed by atoms with E-state index in [-0.39, 0.29) is 18.2 Å². The molecule has 2 aromatic heterocycles. The summed E-state index contributed by atoms with van der Waals surface area (Å²) in [5.74, 6) is 0.671. The largest absolute Gasteiger partial charge is 0.372 e. The lowest BCUT2D eigenvalue weighted by Gasteiger charge is -2.25. The molecule has 1 saturated carbocycles. The van der Waals surface area contributed by atoms with Gasteiger partial charge in [-0.1, -0.05) is 6.08 Å².